The highest BCUT2D eigenvalue weighted by molar-refractivity contribution is 5.94. The predicted molar refractivity (Wildman–Crippen MR) is 60.6 cm³/mol. The van der Waals surface area contributed by atoms with Gasteiger partial charge in [-0.15, -0.1) is 0 Å². The number of imide groups is 1. The minimum Gasteiger partial charge on any atom is -0.390 e. The molecule has 4 atom stereocenters. The SMILES string of the molecule is CC1OC(N(C)/C=C\C(=O)NC=O)C(C)[C@@H]1O. The summed E-state index contributed by atoms with van der Waals surface area (Å²) in [6.45, 7) is 3.69. The third kappa shape index (κ3) is 3.28. The molecule has 0 bridgehead atoms. The summed E-state index contributed by atoms with van der Waals surface area (Å²) in [5.74, 6) is -0.542. The maximum absolute atomic E-state index is 11.0. The molecule has 0 aromatic heterocycles. The Kier molecular flexibility index (Phi) is 4.65. The van der Waals surface area contributed by atoms with Crippen molar-refractivity contribution in [1.29, 1.82) is 0 Å². The van der Waals surface area contributed by atoms with Crippen molar-refractivity contribution < 1.29 is 19.4 Å². The number of hydrogen-bond donors (Lipinski definition) is 2. The van der Waals surface area contributed by atoms with Crippen molar-refractivity contribution >= 4 is 12.3 Å². The fourth-order valence-electron chi connectivity index (χ4n) is 1.86. The molecule has 1 aliphatic rings. The fourth-order valence-corrected chi connectivity index (χ4v) is 1.86. The first-order valence-electron chi connectivity index (χ1n) is 5.45. The summed E-state index contributed by atoms with van der Waals surface area (Å²) in [5, 5.41) is 11.7. The van der Waals surface area contributed by atoms with Crippen LogP contribution in [0.3, 0.4) is 0 Å². The van der Waals surface area contributed by atoms with Crippen LogP contribution >= 0.6 is 0 Å². The molecule has 0 radical (unpaired) electrons. The number of carbonyl (C=O) groups is 2. The zero-order valence-corrected chi connectivity index (χ0v) is 10.2. The molecule has 6 nitrogen and oxygen atoms in total. The van der Waals surface area contributed by atoms with Crippen LogP contribution in [0.15, 0.2) is 12.3 Å². The first-order valence-corrected chi connectivity index (χ1v) is 5.45. The summed E-state index contributed by atoms with van der Waals surface area (Å²) in [6.07, 6.45) is 2.06. The molecular weight excluding hydrogens is 224 g/mol. The van der Waals surface area contributed by atoms with Crippen molar-refractivity contribution in [2.75, 3.05) is 7.05 Å². The Labute approximate surface area is 100 Å². The Morgan fingerprint density at radius 1 is 1.47 bits per heavy atom. The van der Waals surface area contributed by atoms with Gasteiger partial charge in [0.05, 0.1) is 12.2 Å². The van der Waals surface area contributed by atoms with Crippen LogP contribution in [0.5, 0.6) is 0 Å². The third-order valence-electron chi connectivity index (χ3n) is 2.89. The van der Waals surface area contributed by atoms with E-state index in [-0.39, 0.29) is 18.2 Å². The minimum atomic E-state index is -0.514. The number of amides is 2. The van der Waals surface area contributed by atoms with Crippen molar-refractivity contribution in [3.05, 3.63) is 12.3 Å². The molecule has 17 heavy (non-hydrogen) atoms. The van der Waals surface area contributed by atoms with E-state index < -0.39 is 12.0 Å². The summed E-state index contributed by atoms with van der Waals surface area (Å²) >= 11 is 0. The van der Waals surface area contributed by atoms with E-state index in [1.54, 1.807) is 18.9 Å². The second kappa shape index (κ2) is 5.79. The Morgan fingerprint density at radius 2 is 2.12 bits per heavy atom. The molecule has 0 aromatic rings. The van der Waals surface area contributed by atoms with Gasteiger partial charge < -0.3 is 14.7 Å². The lowest BCUT2D eigenvalue weighted by molar-refractivity contribution is -0.121. The molecule has 96 valence electrons. The van der Waals surface area contributed by atoms with Gasteiger partial charge in [-0.2, -0.15) is 0 Å². The molecule has 1 saturated heterocycles. The van der Waals surface area contributed by atoms with Gasteiger partial charge in [-0.1, -0.05) is 6.92 Å². The van der Waals surface area contributed by atoms with Gasteiger partial charge in [0.1, 0.15) is 6.23 Å². The largest absolute Gasteiger partial charge is 0.390 e. The highest BCUT2D eigenvalue weighted by atomic mass is 16.5. The average molecular weight is 242 g/mol. The first-order chi connectivity index (χ1) is 7.97. The second-order valence-corrected chi connectivity index (χ2v) is 4.19. The summed E-state index contributed by atoms with van der Waals surface area (Å²) in [6, 6.07) is 0. The number of ether oxygens (including phenoxy) is 1. The van der Waals surface area contributed by atoms with Gasteiger partial charge in [0.2, 0.25) is 6.41 Å². The Morgan fingerprint density at radius 3 is 2.59 bits per heavy atom. The number of rotatable bonds is 4. The summed E-state index contributed by atoms with van der Waals surface area (Å²) in [7, 11) is 1.75. The van der Waals surface area contributed by atoms with Crippen LogP contribution in [0.25, 0.3) is 0 Å². The van der Waals surface area contributed by atoms with Crippen LogP contribution in [0.1, 0.15) is 13.8 Å². The Hall–Kier alpha value is -1.40. The van der Waals surface area contributed by atoms with E-state index in [1.807, 2.05) is 12.2 Å². The molecule has 1 fully saturated rings. The second-order valence-electron chi connectivity index (χ2n) is 4.19. The molecule has 0 saturated carbocycles. The summed E-state index contributed by atoms with van der Waals surface area (Å²) in [5.41, 5.74) is 0. The third-order valence-corrected chi connectivity index (χ3v) is 2.89. The van der Waals surface area contributed by atoms with Crippen LogP contribution in [-0.2, 0) is 14.3 Å². The zero-order valence-electron chi connectivity index (χ0n) is 10.2. The molecule has 2 N–H and O–H groups in total. The lowest BCUT2D eigenvalue weighted by Crippen LogP contribution is -2.33. The van der Waals surface area contributed by atoms with Crippen molar-refractivity contribution in [3.63, 3.8) is 0 Å². The molecule has 0 spiro atoms. The summed E-state index contributed by atoms with van der Waals surface area (Å²) in [4.78, 5) is 22.7. The molecule has 1 aliphatic heterocycles. The molecular formula is C11H18N2O4. The first kappa shape index (κ1) is 13.7. The number of aliphatic hydroxyl groups excluding tert-OH is 1. The zero-order chi connectivity index (χ0) is 13.0. The lowest BCUT2D eigenvalue weighted by atomic mass is 10.0. The van der Waals surface area contributed by atoms with Crippen molar-refractivity contribution in [2.24, 2.45) is 5.92 Å². The number of nitrogens with zero attached hydrogens (tertiary/aromatic N) is 1. The van der Waals surface area contributed by atoms with E-state index in [2.05, 4.69) is 0 Å². The van der Waals surface area contributed by atoms with Crippen molar-refractivity contribution in [3.8, 4) is 0 Å². The number of hydrogen-bond acceptors (Lipinski definition) is 5. The molecule has 0 aromatic carbocycles. The lowest BCUT2D eigenvalue weighted by Gasteiger charge is -2.25. The van der Waals surface area contributed by atoms with Crippen LogP contribution in [0.2, 0.25) is 0 Å². The molecule has 2 amide bonds. The maximum Gasteiger partial charge on any atom is 0.251 e. The van der Waals surface area contributed by atoms with Gasteiger partial charge in [0.15, 0.2) is 0 Å². The van der Waals surface area contributed by atoms with E-state index in [0.717, 1.165) is 0 Å². The van der Waals surface area contributed by atoms with Gasteiger partial charge in [-0.3, -0.25) is 14.9 Å². The fraction of sp³-hybridized carbons (Fsp3) is 0.636. The highest BCUT2D eigenvalue weighted by Crippen LogP contribution is 2.28. The van der Waals surface area contributed by atoms with E-state index in [1.165, 1.54) is 12.3 Å². The normalized spacial score (nSPS) is 32.7. The molecule has 1 heterocycles. The quantitative estimate of drug-likeness (QED) is 0.510. The smallest absolute Gasteiger partial charge is 0.251 e. The van der Waals surface area contributed by atoms with Gasteiger partial charge in [0.25, 0.3) is 5.91 Å². The molecule has 3 unspecified atom stereocenters. The molecule has 6 heteroatoms. The molecule has 0 aliphatic carbocycles. The minimum absolute atomic E-state index is 0.0474. The van der Waals surface area contributed by atoms with Gasteiger partial charge in [-0.25, -0.2) is 0 Å². The maximum atomic E-state index is 11.0. The van der Waals surface area contributed by atoms with Crippen molar-refractivity contribution in [2.45, 2.75) is 32.3 Å². The van der Waals surface area contributed by atoms with Crippen LogP contribution in [0, 0.1) is 5.92 Å². The number of carbonyl (C=O) groups excluding carboxylic acids is 2. The average Bonchev–Trinajstić information content (AvgIpc) is 2.54. The van der Waals surface area contributed by atoms with E-state index in [4.69, 9.17) is 4.74 Å². The standard InChI is InChI=1S/C11H18N2O4/c1-7-10(16)8(2)17-11(7)13(3)5-4-9(15)12-6-14/h4-8,10-11,16H,1-3H3,(H,12,14,15)/b5-4-/t7?,8?,10-,11?/m0/s1. The number of nitrogens with one attached hydrogen (secondary N) is 1. The number of aliphatic hydroxyl groups is 1. The van der Waals surface area contributed by atoms with E-state index in [0.29, 0.717) is 6.41 Å². The topological polar surface area (TPSA) is 78.9 Å². The van der Waals surface area contributed by atoms with E-state index >= 15 is 0 Å². The summed E-state index contributed by atoms with van der Waals surface area (Å²) < 4.78 is 5.56. The van der Waals surface area contributed by atoms with Gasteiger partial charge in [0, 0.05) is 25.2 Å². The van der Waals surface area contributed by atoms with Gasteiger partial charge in [-0.05, 0) is 6.92 Å². The Balaban J connectivity index is 2.56. The monoisotopic (exact) mass is 242 g/mol. The van der Waals surface area contributed by atoms with Crippen LogP contribution in [-0.4, -0.2) is 47.8 Å². The van der Waals surface area contributed by atoms with E-state index in [9.17, 15) is 14.7 Å². The Bertz CT molecular complexity index is 319. The highest BCUT2D eigenvalue weighted by Gasteiger charge is 2.39. The van der Waals surface area contributed by atoms with Crippen LogP contribution in [0.4, 0.5) is 0 Å². The van der Waals surface area contributed by atoms with Crippen LogP contribution < -0.4 is 5.32 Å². The van der Waals surface area contributed by atoms with Gasteiger partial charge >= 0.3 is 0 Å². The predicted octanol–water partition coefficient (Wildman–Crippen LogP) is -0.554. The van der Waals surface area contributed by atoms with Crippen molar-refractivity contribution in [1.82, 2.24) is 10.2 Å². The molecule has 1 rings (SSSR count).